The Labute approximate surface area is 314 Å². The number of aliphatic hydroxyl groups excluding tert-OH is 1. The average Bonchev–Trinajstić information content (AvgIpc) is 3.56. The van der Waals surface area contributed by atoms with Gasteiger partial charge in [0.25, 0.3) is 5.91 Å². The van der Waals surface area contributed by atoms with Crippen molar-refractivity contribution in [2.24, 2.45) is 5.92 Å². The van der Waals surface area contributed by atoms with Crippen molar-refractivity contribution < 1.29 is 28.3 Å². The molecular weight excluding hydrogens is 686 g/mol. The van der Waals surface area contributed by atoms with Crippen molar-refractivity contribution in [1.82, 2.24) is 4.90 Å². The van der Waals surface area contributed by atoms with E-state index in [-0.39, 0.29) is 24.8 Å². The molecule has 0 aromatic heterocycles. The Bertz CT molecular complexity index is 1900. The third-order valence-corrected chi connectivity index (χ3v) is 13.8. The maximum Gasteiger partial charge on any atom is 0.264 e. The second kappa shape index (κ2) is 15.5. The lowest BCUT2D eigenvalue weighted by molar-refractivity contribution is -0.150. The molecule has 3 aromatic carbocycles. The summed E-state index contributed by atoms with van der Waals surface area (Å²) in [6.45, 7) is 11.8. The van der Waals surface area contributed by atoms with Gasteiger partial charge in [-0.1, -0.05) is 72.7 Å². The highest BCUT2D eigenvalue weighted by atomic mass is 28.4. The van der Waals surface area contributed by atoms with Crippen molar-refractivity contribution in [2.75, 3.05) is 23.0 Å². The van der Waals surface area contributed by atoms with Gasteiger partial charge in [-0.3, -0.25) is 19.3 Å². The Morgan fingerprint density at radius 3 is 2.38 bits per heavy atom. The molecule has 8 nitrogen and oxygen atoms in total. The van der Waals surface area contributed by atoms with E-state index in [0.29, 0.717) is 42.1 Å². The number of anilines is 3. The van der Waals surface area contributed by atoms with Crippen LogP contribution in [0.2, 0.25) is 18.6 Å². The second-order valence-corrected chi connectivity index (χ2v) is 19.4. The number of allylic oxidation sites excluding steroid dienone is 3. The zero-order valence-electron chi connectivity index (χ0n) is 31.7. The molecule has 0 unspecified atom stereocenters. The van der Waals surface area contributed by atoms with Crippen LogP contribution in [0.4, 0.5) is 21.2 Å². The summed E-state index contributed by atoms with van der Waals surface area (Å²) in [5.41, 5.74) is 4.69. The summed E-state index contributed by atoms with van der Waals surface area (Å²) < 4.78 is 23.6. The van der Waals surface area contributed by atoms with Crippen LogP contribution in [0.25, 0.3) is 0 Å². The number of aliphatic hydroxyl groups is 1. The van der Waals surface area contributed by atoms with E-state index in [1.54, 1.807) is 22.9 Å². The molecule has 3 amide bonds. The van der Waals surface area contributed by atoms with Gasteiger partial charge in [0, 0.05) is 41.5 Å². The van der Waals surface area contributed by atoms with Crippen molar-refractivity contribution in [1.29, 1.82) is 0 Å². The molecule has 0 saturated carbocycles. The summed E-state index contributed by atoms with van der Waals surface area (Å²) in [5.74, 6) is -1.14. The van der Waals surface area contributed by atoms with Gasteiger partial charge in [0.15, 0.2) is 5.60 Å². The number of nitrogens with zero attached hydrogens (tertiary/aromatic N) is 3. The standard InChI is InChI=1S/C43H52FN3O5Si/c1-29(2)13-12-14-30(3)21-22-45-38-20-19-35(47(28-49)34-17-8-7-9-18-34)24-37(38)43(42(45)51)31(4)41(53(5,6)44)39(52-43)25-40(50)46-26-33-16-11-10-15-32(33)23-36(46)27-48/h7-11,13,15-21,24,28,31,36,39,41,48H,12,14,22-23,25-27H2,1-6H3/b30-21+/t31-,36-,39+,41-,43+/m0/s1. The Balaban J connectivity index is 1.40. The van der Waals surface area contributed by atoms with Gasteiger partial charge in [0.1, 0.15) is 0 Å². The van der Waals surface area contributed by atoms with Crippen molar-refractivity contribution >= 4 is 43.7 Å². The highest BCUT2D eigenvalue weighted by Gasteiger charge is 2.67. The molecule has 0 bridgehead atoms. The van der Waals surface area contributed by atoms with Gasteiger partial charge in [0.05, 0.1) is 30.9 Å². The third-order valence-electron chi connectivity index (χ3n) is 11.3. The van der Waals surface area contributed by atoms with Gasteiger partial charge in [-0.2, -0.15) is 0 Å². The molecule has 10 heteroatoms. The van der Waals surface area contributed by atoms with Crippen LogP contribution in [-0.4, -0.2) is 61.9 Å². The SMILES string of the molecule is CC(C)=CCC/C(C)=C/CN1C(=O)[C@]2(O[C@H](CC(=O)N3Cc4ccccc4C[C@H]3CO)[C@@H]([Si](C)(C)F)[C@@H]2C)c2cc(N(C=O)c3ccccc3)ccc21. The maximum absolute atomic E-state index is 16.7. The zero-order chi connectivity index (χ0) is 38.1. The minimum atomic E-state index is -3.57. The molecule has 3 heterocycles. The van der Waals surface area contributed by atoms with Crippen molar-refractivity contribution in [3.63, 3.8) is 0 Å². The molecule has 0 radical (unpaired) electrons. The Morgan fingerprint density at radius 1 is 1.02 bits per heavy atom. The fraction of sp³-hybridized carbons (Fsp3) is 0.419. The van der Waals surface area contributed by atoms with E-state index in [0.717, 1.165) is 36.0 Å². The highest BCUT2D eigenvalue weighted by Crippen LogP contribution is 2.60. The largest absolute Gasteiger partial charge is 0.394 e. The molecule has 280 valence electrons. The lowest BCUT2D eigenvalue weighted by Gasteiger charge is -2.37. The van der Waals surface area contributed by atoms with E-state index in [1.165, 1.54) is 10.5 Å². The number of para-hydroxylation sites is 1. The van der Waals surface area contributed by atoms with Crippen LogP contribution in [0.15, 0.2) is 96.1 Å². The summed E-state index contributed by atoms with van der Waals surface area (Å²) >= 11 is 0. The molecule has 1 saturated heterocycles. The van der Waals surface area contributed by atoms with Crippen molar-refractivity contribution in [2.45, 2.75) is 96.3 Å². The van der Waals surface area contributed by atoms with Crippen LogP contribution < -0.4 is 9.80 Å². The van der Waals surface area contributed by atoms with Crippen LogP contribution in [0.1, 0.15) is 63.6 Å². The van der Waals surface area contributed by atoms with Crippen LogP contribution in [-0.2, 0) is 37.7 Å². The normalized spacial score (nSPS) is 23.9. The predicted molar refractivity (Wildman–Crippen MR) is 210 cm³/mol. The number of amides is 3. The third kappa shape index (κ3) is 7.41. The van der Waals surface area contributed by atoms with Gasteiger partial charge in [0.2, 0.25) is 20.7 Å². The number of rotatable bonds is 12. The number of carbonyl (C=O) groups is 3. The lowest BCUT2D eigenvalue weighted by atomic mass is 9.82. The first-order valence-electron chi connectivity index (χ1n) is 18.7. The Kier molecular flexibility index (Phi) is 11.2. The summed E-state index contributed by atoms with van der Waals surface area (Å²) in [6.07, 6.45) is 6.28. The molecule has 3 aromatic rings. The number of carbonyl (C=O) groups excluding carboxylic acids is 3. The van der Waals surface area contributed by atoms with E-state index in [4.69, 9.17) is 4.74 Å². The molecule has 1 N–H and O–H groups in total. The first kappa shape index (κ1) is 38.3. The number of fused-ring (bicyclic) bond motifs is 3. The monoisotopic (exact) mass is 737 g/mol. The van der Waals surface area contributed by atoms with Gasteiger partial charge in [-0.05, 0) is 94.6 Å². The number of hydrogen-bond acceptors (Lipinski definition) is 5. The molecular formula is C43H52FN3O5Si. The molecule has 0 aliphatic carbocycles. The zero-order valence-corrected chi connectivity index (χ0v) is 32.7. The predicted octanol–water partition coefficient (Wildman–Crippen LogP) is 8.13. The average molecular weight is 738 g/mol. The number of hydrogen-bond donors (Lipinski definition) is 1. The molecule has 3 aliphatic heterocycles. The van der Waals surface area contributed by atoms with E-state index < -0.39 is 37.6 Å². The summed E-state index contributed by atoms with van der Waals surface area (Å²) in [4.78, 5) is 46.7. The van der Waals surface area contributed by atoms with Gasteiger partial charge in [-0.25, -0.2) is 0 Å². The maximum atomic E-state index is 16.7. The van der Waals surface area contributed by atoms with Crippen molar-refractivity contribution in [3.05, 3.63) is 113 Å². The summed E-state index contributed by atoms with van der Waals surface area (Å²) in [6, 6.07) is 22.2. The van der Waals surface area contributed by atoms with Crippen LogP contribution in [0.3, 0.4) is 0 Å². The van der Waals surface area contributed by atoms with Crippen LogP contribution in [0.5, 0.6) is 0 Å². The lowest BCUT2D eigenvalue weighted by Crippen LogP contribution is -2.48. The van der Waals surface area contributed by atoms with Crippen molar-refractivity contribution in [3.8, 4) is 0 Å². The van der Waals surface area contributed by atoms with E-state index in [2.05, 4.69) is 32.9 Å². The van der Waals surface area contributed by atoms with Crippen LogP contribution >= 0.6 is 0 Å². The van der Waals surface area contributed by atoms with Gasteiger partial charge < -0.3 is 23.8 Å². The highest BCUT2D eigenvalue weighted by molar-refractivity contribution is 6.72. The van der Waals surface area contributed by atoms with E-state index >= 15 is 8.90 Å². The Morgan fingerprint density at radius 2 is 1.72 bits per heavy atom. The molecule has 6 rings (SSSR count). The number of benzene rings is 3. The topological polar surface area (TPSA) is 90.4 Å². The summed E-state index contributed by atoms with van der Waals surface area (Å²) in [5, 5.41) is 10.3. The van der Waals surface area contributed by atoms with E-state index in [1.807, 2.05) is 79.7 Å². The molecule has 53 heavy (non-hydrogen) atoms. The van der Waals surface area contributed by atoms with E-state index in [9.17, 15) is 14.7 Å². The number of halogens is 1. The second-order valence-electron chi connectivity index (χ2n) is 15.6. The van der Waals surface area contributed by atoms with Gasteiger partial charge in [-0.15, -0.1) is 0 Å². The van der Waals surface area contributed by atoms with Gasteiger partial charge >= 0.3 is 0 Å². The quantitative estimate of drug-likeness (QED) is 0.0878. The molecule has 5 atom stereocenters. The molecule has 3 aliphatic rings. The molecule has 1 spiro atoms. The fourth-order valence-electron chi connectivity index (χ4n) is 8.70. The minimum Gasteiger partial charge on any atom is -0.394 e. The first-order chi connectivity index (χ1) is 25.3. The fourth-order valence-corrected chi connectivity index (χ4v) is 11.2. The minimum absolute atomic E-state index is 0.119. The smallest absolute Gasteiger partial charge is 0.264 e. The Hall–Kier alpha value is -4.38. The summed E-state index contributed by atoms with van der Waals surface area (Å²) in [7, 11) is -3.57. The number of ether oxygens (including phenoxy) is 1. The van der Waals surface area contributed by atoms with Crippen LogP contribution in [0, 0.1) is 5.92 Å². The first-order valence-corrected chi connectivity index (χ1v) is 21.6. The molecule has 1 fully saturated rings.